The summed E-state index contributed by atoms with van der Waals surface area (Å²) in [6.45, 7) is 2.09. The highest BCUT2D eigenvalue weighted by molar-refractivity contribution is 7.07. The minimum atomic E-state index is 0.228. The van der Waals surface area contributed by atoms with Gasteiger partial charge in [-0.05, 0) is 29.3 Å². The fraction of sp³-hybridized carbons (Fsp3) is 0.273. The number of rotatable bonds is 4. The number of hydrogen-bond acceptors (Lipinski definition) is 5. The highest BCUT2D eigenvalue weighted by Gasteiger charge is 2.06. The van der Waals surface area contributed by atoms with Crippen LogP contribution in [0.3, 0.4) is 0 Å². The predicted molar refractivity (Wildman–Crippen MR) is 64.9 cm³/mol. The second-order valence-corrected chi connectivity index (χ2v) is 4.15. The van der Waals surface area contributed by atoms with Crippen molar-refractivity contribution in [1.82, 2.24) is 9.97 Å². The molecule has 0 radical (unpaired) electrons. The van der Waals surface area contributed by atoms with Gasteiger partial charge in [0.1, 0.15) is 12.1 Å². The van der Waals surface area contributed by atoms with Crippen LogP contribution in [0.25, 0.3) is 0 Å². The lowest BCUT2D eigenvalue weighted by Crippen LogP contribution is -2.07. The fourth-order valence-corrected chi connectivity index (χ4v) is 2.11. The van der Waals surface area contributed by atoms with Crippen molar-refractivity contribution in [2.24, 2.45) is 0 Å². The molecule has 2 aromatic rings. The van der Waals surface area contributed by atoms with Gasteiger partial charge in [0.2, 0.25) is 5.88 Å². The molecule has 1 atom stereocenters. The summed E-state index contributed by atoms with van der Waals surface area (Å²) in [6, 6.07) is 4.11. The van der Waals surface area contributed by atoms with Crippen LogP contribution >= 0.6 is 11.3 Å². The van der Waals surface area contributed by atoms with E-state index >= 15 is 0 Å². The third-order valence-electron chi connectivity index (χ3n) is 2.26. The van der Waals surface area contributed by atoms with Crippen LogP contribution in [0.15, 0.2) is 29.2 Å². The fourth-order valence-electron chi connectivity index (χ4n) is 1.36. The minimum Gasteiger partial charge on any atom is -0.481 e. The van der Waals surface area contributed by atoms with Crippen LogP contribution in [0.1, 0.15) is 18.5 Å². The Hall–Kier alpha value is -1.62. The second kappa shape index (κ2) is 4.94. The van der Waals surface area contributed by atoms with E-state index in [1.165, 1.54) is 11.9 Å². The SMILES string of the molecule is COc1cc(NC(C)c2ccsc2)ncn1. The maximum Gasteiger partial charge on any atom is 0.218 e. The van der Waals surface area contributed by atoms with E-state index in [-0.39, 0.29) is 6.04 Å². The molecule has 0 aromatic carbocycles. The standard InChI is InChI=1S/C11H13N3OS/c1-8(9-3-4-16-6-9)14-10-5-11(15-2)13-7-12-10/h3-8H,1-2H3,(H,12,13,14). The van der Waals surface area contributed by atoms with E-state index in [0.717, 1.165) is 5.82 Å². The summed E-state index contributed by atoms with van der Waals surface area (Å²) < 4.78 is 5.04. The lowest BCUT2D eigenvalue weighted by molar-refractivity contribution is 0.397. The van der Waals surface area contributed by atoms with Crippen LogP contribution in [-0.4, -0.2) is 17.1 Å². The Balaban J connectivity index is 2.08. The van der Waals surface area contributed by atoms with Crippen molar-refractivity contribution in [2.75, 3.05) is 12.4 Å². The summed E-state index contributed by atoms with van der Waals surface area (Å²) in [5, 5.41) is 7.48. The largest absolute Gasteiger partial charge is 0.481 e. The maximum absolute atomic E-state index is 5.04. The van der Waals surface area contributed by atoms with Gasteiger partial charge in [0, 0.05) is 6.07 Å². The molecule has 0 fully saturated rings. The van der Waals surface area contributed by atoms with Gasteiger partial charge in [-0.15, -0.1) is 0 Å². The molecule has 0 bridgehead atoms. The monoisotopic (exact) mass is 235 g/mol. The molecule has 0 spiro atoms. The Bertz CT molecular complexity index is 444. The zero-order chi connectivity index (χ0) is 11.4. The summed E-state index contributed by atoms with van der Waals surface area (Å²) in [7, 11) is 1.59. The van der Waals surface area contributed by atoms with Crippen LogP contribution < -0.4 is 10.1 Å². The number of thiophene rings is 1. The molecule has 0 saturated carbocycles. The first-order valence-electron chi connectivity index (χ1n) is 4.94. The zero-order valence-electron chi connectivity index (χ0n) is 9.18. The van der Waals surface area contributed by atoms with Crippen molar-refractivity contribution >= 4 is 17.2 Å². The third-order valence-corrected chi connectivity index (χ3v) is 2.96. The highest BCUT2D eigenvalue weighted by Crippen LogP contribution is 2.21. The lowest BCUT2D eigenvalue weighted by atomic mass is 10.2. The number of nitrogens with zero attached hydrogens (tertiary/aromatic N) is 2. The summed E-state index contributed by atoms with van der Waals surface area (Å²) in [5.41, 5.74) is 1.25. The zero-order valence-corrected chi connectivity index (χ0v) is 9.99. The molecule has 0 saturated heterocycles. The summed E-state index contributed by atoms with van der Waals surface area (Å²) >= 11 is 1.69. The number of anilines is 1. The van der Waals surface area contributed by atoms with Crippen LogP contribution in [0.4, 0.5) is 5.82 Å². The molecule has 1 N–H and O–H groups in total. The van der Waals surface area contributed by atoms with Gasteiger partial charge in [0.15, 0.2) is 0 Å². The van der Waals surface area contributed by atoms with Gasteiger partial charge < -0.3 is 10.1 Å². The van der Waals surface area contributed by atoms with Crippen molar-refractivity contribution in [3.05, 3.63) is 34.8 Å². The van der Waals surface area contributed by atoms with Gasteiger partial charge in [-0.1, -0.05) is 0 Å². The Kier molecular flexibility index (Phi) is 3.36. The molecule has 2 heterocycles. The number of aromatic nitrogens is 2. The van der Waals surface area contributed by atoms with Gasteiger partial charge in [0.25, 0.3) is 0 Å². The molecule has 1 unspecified atom stereocenters. The van der Waals surface area contributed by atoms with E-state index in [1.807, 2.05) is 0 Å². The number of hydrogen-bond donors (Lipinski definition) is 1. The van der Waals surface area contributed by atoms with Gasteiger partial charge >= 0.3 is 0 Å². The smallest absolute Gasteiger partial charge is 0.218 e. The van der Waals surface area contributed by atoms with E-state index in [2.05, 4.69) is 39.0 Å². The predicted octanol–water partition coefficient (Wildman–Crippen LogP) is 2.72. The van der Waals surface area contributed by atoms with Gasteiger partial charge in [0.05, 0.1) is 13.2 Å². The van der Waals surface area contributed by atoms with Crippen molar-refractivity contribution < 1.29 is 4.74 Å². The van der Waals surface area contributed by atoms with E-state index in [0.29, 0.717) is 5.88 Å². The number of ether oxygens (including phenoxy) is 1. The van der Waals surface area contributed by atoms with Crippen molar-refractivity contribution in [2.45, 2.75) is 13.0 Å². The molecule has 2 rings (SSSR count). The molecule has 16 heavy (non-hydrogen) atoms. The summed E-state index contributed by atoms with van der Waals surface area (Å²) in [5.74, 6) is 1.33. The summed E-state index contributed by atoms with van der Waals surface area (Å²) in [4.78, 5) is 8.10. The average Bonchev–Trinajstić information content (AvgIpc) is 2.83. The number of methoxy groups -OCH3 is 1. The van der Waals surface area contributed by atoms with Crippen molar-refractivity contribution in [3.63, 3.8) is 0 Å². The molecular formula is C11H13N3OS. The van der Waals surface area contributed by atoms with Gasteiger partial charge in [-0.2, -0.15) is 11.3 Å². The molecule has 4 nitrogen and oxygen atoms in total. The van der Waals surface area contributed by atoms with Crippen molar-refractivity contribution in [1.29, 1.82) is 0 Å². The van der Waals surface area contributed by atoms with Gasteiger partial charge in [-0.3, -0.25) is 0 Å². The Morgan fingerprint density at radius 2 is 2.31 bits per heavy atom. The molecule has 0 aliphatic heterocycles. The molecule has 84 valence electrons. The average molecular weight is 235 g/mol. The minimum absolute atomic E-state index is 0.228. The van der Waals surface area contributed by atoms with E-state index in [9.17, 15) is 0 Å². The molecule has 0 amide bonds. The van der Waals surface area contributed by atoms with Gasteiger partial charge in [-0.25, -0.2) is 9.97 Å². The van der Waals surface area contributed by atoms with E-state index in [1.54, 1.807) is 24.5 Å². The molecule has 0 aliphatic rings. The Labute approximate surface area is 98.3 Å². The molecular weight excluding hydrogens is 222 g/mol. The van der Waals surface area contributed by atoms with E-state index < -0.39 is 0 Å². The quantitative estimate of drug-likeness (QED) is 0.885. The molecule has 5 heteroatoms. The maximum atomic E-state index is 5.04. The van der Waals surface area contributed by atoms with Crippen LogP contribution in [0.5, 0.6) is 5.88 Å². The highest BCUT2D eigenvalue weighted by atomic mass is 32.1. The first-order chi connectivity index (χ1) is 7.79. The third kappa shape index (κ3) is 2.49. The summed E-state index contributed by atoms with van der Waals surface area (Å²) in [6.07, 6.45) is 1.49. The van der Waals surface area contributed by atoms with Crippen LogP contribution in [0.2, 0.25) is 0 Å². The first kappa shape index (κ1) is 10.9. The number of nitrogens with one attached hydrogen (secondary N) is 1. The van der Waals surface area contributed by atoms with Crippen molar-refractivity contribution in [3.8, 4) is 5.88 Å². The normalized spacial score (nSPS) is 12.1. The van der Waals surface area contributed by atoms with Crippen LogP contribution in [-0.2, 0) is 0 Å². The molecule has 0 aliphatic carbocycles. The lowest BCUT2D eigenvalue weighted by Gasteiger charge is -2.13. The van der Waals surface area contributed by atoms with E-state index in [4.69, 9.17) is 4.74 Å². The topological polar surface area (TPSA) is 47.0 Å². The Morgan fingerprint density at radius 3 is 3.00 bits per heavy atom. The second-order valence-electron chi connectivity index (χ2n) is 3.37. The van der Waals surface area contributed by atoms with Crippen LogP contribution in [0, 0.1) is 0 Å². The Morgan fingerprint density at radius 1 is 1.44 bits per heavy atom. The first-order valence-corrected chi connectivity index (χ1v) is 5.88. The molecule has 2 aromatic heterocycles.